The molecule has 0 aromatic rings. The summed E-state index contributed by atoms with van der Waals surface area (Å²) in [6.07, 6.45) is 5.55. The second kappa shape index (κ2) is 5.73. The van der Waals surface area contributed by atoms with Crippen LogP contribution in [0, 0.1) is 0 Å². The Kier molecular flexibility index (Phi) is 4.35. The quantitative estimate of drug-likeness (QED) is 0.790. The van der Waals surface area contributed by atoms with Gasteiger partial charge in [0.05, 0.1) is 12.7 Å². The zero-order chi connectivity index (χ0) is 16.0. The van der Waals surface area contributed by atoms with Crippen molar-refractivity contribution in [3.63, 3.8) is 0 Å². The standard InChI is InChI=1S/C18H35N3O/c1-6-7-8-20-13-18(19-14-20)11-16(2,3)21(9-15-10-22-15)17(4,5)12-18/h15,19H,6-14H2,1-5H3. The van der Waals surface area contributed by atoms with Gasteiger partial charge in [0.25, 0.3) is 0 Å². The molecule has 0 aromatic heterocycles. The van der Waals surface area contributed by atoms with Crippen LogP contribution in [0.25, 0.3) is 0 Å². The molecule has 3 rings (SSSR count). The minimum absolute atomic E-state index is 0.224. The van der Waals surface area contributed by atoms with Crippen molar-refractivity contribution in [1.29, 1.82) is 0 Å². The highest BCUT2D eigenvalue weighted by molar-refractivity contribution is 5.13. The van der Waals surface area contributed by atoms with E-state index in [1.807, 2.05) is 0 Å². The molecule has 4 heteroatoms. The summed E-state index contributed by atoms with van der Waals surface area (Å²) in [7, 11) is 0. The van der Waals surface area contributed by atoms with Crippen LogP contribution >= 0.6 is 0 Å². The minimum Gasteiger partial charge on any atom is -0.372 e. The summed E-state index contributed by atoms with van der Waals surface area (Å²) in [4.78, 5) is 5.33. The monoisotopic (exact) mass is 309 g/mol. The highest BCUT2D eigenvalue weighted by atomic mass is 16.6. The van der Waals surface area contributed by atoms with Crippen LogP contribution in [0.5, 0.6) is 0 Å². The molecule has 3 heterocycles. The Balaban J connectivity index is 1.71. The summed E-state index contributed by atoms with van der Waals surface area (Å²) >= 11 is 0. The normalized spacial score (nSPS) is 33.4. The molecule has 1 spiro atoms. The molecule has 128 valence electrons. The molecule has 0 amide bonds. The lowest BCUT2D eigenvalue weighted by atomic mass is 9.69. The third-order valence-electron chi connectivity index (χ3n) is 5.82. The van der Waals surface area contributed by atoms with E-state index in [-0.39, 0.29) is 11.1 Å². The lowest BCUT2D eigenvalue weighted by Crippen LogP contribution is -2.69. The molecule has 1 atom stereocenters. The van der Waals surface area contributed by atoms with E-state index in [4.69, 9.17) is 4.74 Å². The van der Waals surface area contributed by atoms with Gasteiger partial charge in [-0.1, -0.05) is 13.3 Å². The lowest BCUT2D eigenvalue weighted by molar-refractivity contribution is -0.0668. The van der Waals surface area contributed by atoms with Crippen molar-refractivity contribution in [2.45, 2.75) is 83.0 Å². The van der Waals surface area contributed by atoms with E-state index in [9.17, 15) is 0 Å². The molecule has 3 fully saturated rings. The van der Waals surface area contributed by atoms with Gasteiger partial charge < -0.3 is 4.74 Å². The summed E-state index contributed by atoms with van der Waals surface area (Å²) in [5.41, 5.74) is 0.741. The number of epoxide rings is 1. The number of nitrogens with zero attached hydrogens (tertiary/aromatic N) is 2. The number of likely N-dealkylation sites (tertiary alicyclic amines) is 1. The van der Waals surface area contributed by atoms with Crippen molar-refractivity contribution in [2.24, 2.45) is 0 Å². The van der Waals surface area contributed by atoms with Crippen LogP contribution in [-0.4, -0.2) is 65.4 Å². The second-order valence-electron chi connectivity index (χ2n) is 9.07. The maximum absolute atomic E-state index is 5.51. The Labute approximate surface area is 136 Å². The van der Waals surface area contributed by atoms with E-state index in [2.05, 4.69) is 49.7 Å². The molecule has 22 heavy (non-hydrogen) atoms. The summed E-state index contributed by atoms with van der Waals surface area (Å²) < 4.78 is 5.51. The Bertz CT molecular complexity index is 385. The molecule has 1 N–H and O–H groups in total. The fraction of sp³-hybridized carbons (Fsp3) is 1.00. The van der Waals surface area contributed by atoms with Crippen LogP contribution in [0.15, 0.2) is 0 Å². The number of nitrogens with one attached hydrogen (secondary N) is 1. The molecule has 0 radical (unpaired) electrons. The van der Waals surface area contributed by atoms with Gasteiger partial charge in [0.1, 0.15) is 0 Å². The maximum atomic E-state index is 5.51. The second-order valence-corrected chi connectivity index (χ2v) is 9.07. The molecule has 3 aliphatic rings. The smallest absolute Gasteiger partial charge is 0.0936 e. The van der Waals surface area contributed by atoms with Crippen LogP contribution in [-0.2, 0) is 4.74 Å². The van der Waals surface area contributed by atoms with Gasteiger partial charge in [-0.15, -0.1) is 0 Å². The van der Waals surface area contributed by atoms with Gasteiger partial charge in [0, 0.05) is 36.4 Å². The topological polar surface area (TPSA) is 31.0 Å². The molecular weight excluding hydrogens is 274 g/mol. The Morgan fingerprint density at radius 3 is 2.32 bits per heavy atom. The Morgan fingerprint density at radius 2 is 1.77 bits per heavy atom. The predicted octanol–water partition coefficient (Wildman–Crippen LogP) is 2.44. The molecular formula is C18H35N3O. The first-order valence-corrected chi connectivity index (χ1v) is 9.13. The van der Waals surface area contributed by atoms with Crippen LogP contribution < -0.4 is 5.32 Å². The van der Waals surface area contributed by atoms with Gasteiger partial charge in [0.2, 0.25) is 0 Å². The number of rotatable bonds is 5. The molecule has 0 aromatic carbocycles. The third-order valence-corrected chi connectivity index (χ3v) is 5.82. The van der Waals surface area contributed by atoms with Gasteiger partial charge in [-0.2, -0.15) is 0 Å². The highest BCUT2D eigenvalue weighted by Gasteiger charge is 2.54. The molecule has 4 nitrogen and oxygen atoms in total. The summed E-state index contributed by atoms with van der Waals surface area (Å²) in [6.45, 7) is 17.6. The van der Waals surface area contributed by atoms with Crippen LogP contribution in [0.3, 0.4) is 0 Å². The van der Waals surface area contributed by atoms with Crippen molar-refractivity contribution in [3.8, 4) is 0 Å². The van der Waals surface area contributed by atoms with E-state index >= 15 is 0 Å². The Hall–Kier alpha value is -0.160. The van der Waals surface area contributed by atoms with Crippen LogP contribution in [0.1, 0.15) is 60.3 Å². The first-order chi connectivity index (χ1) is 10.3. The molecule has 0 aliphatic carbocycles. The molecule has 3 aliphatic heterocycles. The number of unbranched alkanes of at least 4 members (excludes halogenated alkanes) is 1. The van der Waals surface area contributed by atoms with E-state index in [0.29, 0.717) is 11.6 Å². The van der Waals surface area contributed by atoms with Crippen molar-refractivity contribution < 1.29 is 4.74 Å². The van der Waals surface area contributed by atoms with E-state index < -0.39 is 0 Å². The average Bonchev–Trinajstić information content (AvgIpc) is 3.14. The van der Waals surface area contributed by atoms with E-state index in [1.54, 1.807) is 0 Å². The largest absolute Gasteiger partial charge is 0.372 e. The summed E-state index contributed by atoms with van der Waals surface area (Å²) in [6, 6.07) is 0. The van der Waals surface area contributed by atoms with Crippen LogP contribution in [0.2, 0.25) is 0 Å². The lowest BCUT2D eigenvalue weighted by Gasteiger charge is -2.59. The van der Waals surface area contributed by atoms with Gasteiger partial charge in [-0.25, -0.2) is 0 Å². The van der Waals surface area contributed by atoms with Crippen molar-refractivity contribution in [1.82, 2.24) is 15.1 Å². The van der Waals surface area contributed by atoms with Gasteiger partial charge in [0.15, 0.2) is 0 Å². The van der Waals surface area contributed by atoms with Crippen molar-refractivity contribution in [2.75, 3.05) is 32.9 Å². The molecule has 0 saturated carbocycles. The number of ether oxygens (including phenoxy) is 1. The summed E-state index contributed by atoms with van der Waals surface area (Å²) in [5, 5.41) is 3.90. The van der Waals surface area contributed by atoms with E-state index in [0.717, 1.165) is 19.8 Å². The number of hydrogen-bond acceptors (Lipinski definition) is 4. The van der Waals surface area contributed by atoms with E-state index in [1.165, 1.54) is 38.8 Å². The zero-order valence-corrected chi connectivity index (χ0v) is 15.2. The van der Waals surface area contributed by atoms with Crippen LogP contribution in [0.4, 0.5) is 0 Å². The summed E-state index contributed by atoms with van der Waals surface area (Å²) in [5.74, 6) is 0. The Morgan fingerprint density at radius 1 is 1.14 bits per heavy atom. The highest BCUT2D eigenvalue weighted by Crippen LogP contribution is 2.45. The first-order valence-electron chi connectivity index (χ1n) is 9.13. The van der Waals surface area contributed by atoms with Crippen molar-refractivity contribution >= 4 is 0 Å². The molecule has 1 unspecified atom stereocenters. The number of hydrogen-bond donors (Lipinski definition) is 1. The first kappa shape index (κ1) is 16.7. The fourth-order valence-electron chi connectivity index (χ4n) is 5.20. The van der Waals surface area contributed by atoms with Gasteiger partial charge in [-0.3, -0.25) is 15.1 Å². The molecule has 0 bridgehead atoms. The van der Waals surface area contributed by atoms with Gasteiger partial charge >= 0.3 is 0 Å². The fourth-order valence-corrected chi connectivity index (χ4v) is 5.20. The number of piperidine rings is 1. The zero-order valence-electron chi connectivity index (χ0n) is 15.2. The maximum Gasteiger partial charge on any atom is 0.0936 e. The SMILES string of the molecule is CCCCN1CNC2(C1)CC(C)(C)N(CC1CO1)C(C)(C)C2. The molecule has 3 saturated heterocycles. The van der Waals surface area contributed by atoms with Gasteiger partial charge in [-0.05, 0) is 53.5 Å². The minimum atomic E-state index is 0.224. The average molecular weight is 309 g/mol. The predicted molar refractivity (Wildman–Crippen MR) is 91.1 cm³/mol. The van der Waals surface area contributed by atoms with Crippen molar-refractivity contribution in [3.05, 3.63) is 0 Å². The third kappa shape index (κ3) is 3.35.